The minimum absolute atomic E-state index is 0.0576. The zero-order chi connectivity index (χ0) is 19.2. The number of nitrogens with one attached hydrogen (secondary N) is 1. The first-order valence-corrected chi connectivity index (χ1v) is 9.43. The van der Waals surface area contributed by atoms with E-state index in [1.54, 1.807) is 30.3 Å². The number of rotatable bonds is 4. The highest BCUT2D eigenvalue weighted by molar-refractivity contribution is 5.65. The second kappa shape index (κ2) is 9.15. The van der Waals surface area contributed by atoms with Crippen molar-refractivity contribution >= 4 is 0 Å². The Balaban J connectivity index is 0.000000299. The van der Waals surface area contributed by atoms with Crippen molar-refractivity contribution in [1.29, 1.82) is 0 Å². The van der Waals surface area contributed by atoms with E-state index in [4.69, 9.17) is 5.73 Å². The largest absolute Gasteiger partial charge is 0.326 e. The van der Waals surface area contributed by atoms with Crippen molar-refractivity contribution in [2.24, 2.45) is 10.9 Å². The van der Waals surface area contributed by atoms with E-state index < -0.39 is 0 Å². The van der Waals surface area contributed by atoms with Crippen LogP contribution in [0.15, 0.2) is 47.6 Å². The molecule has 0 bridgehead atoms. The van der Waals surface area contributed by atoms with Crippen LogP contribution in [0.2, 0.25) is 0 Å². The molecule has 1 saturated heterocycles. The molecule has 2 aromatic carbocycles. The van der Waals surface area contributed by atoms with E-state index in [1.807, 2.05) is 0 Å². The monoisotopic (exact) mass is 373 g/mol. The maximum absolute atomic E-state index is 14.7. The van der Waals surface area contributed by atoms with Gasteiger partial charge in [-0.15, -0.1) is 0 Å². The highest BCUT2D eigenvalue weighted by Gasteiger charge is 2.24. The highest BCUT2D eigenvalue weighted by Crippen LogP contribution is 2.27. The van der Waals surface area contributed by atoms with Crippen LogP contribution in [0.5, 0.6) is 0 Å². The Morgan fingerprint density at radius 1 is 1.11 bits per heavy atom. The first-order chi connectivity index (χ1) is 13.1. The van der Waals surface area contributed by atoms with Gasteiger partial charge in [0, 0.05) is 17.6 Å². The van der Waals surface area contributed by atoms with E-state index in [0.29, 0.717) is 23.1 Å². The van der Waals surface area contributed by atoms with Crippen LogP contribution in [0.3, 0.4) is 0 Å². The molecule has 1 aliphatic carbocycles. The van der Waals surface area contributed by atoms with Gasteiger partial charge >= 0.3 is 0 Å². The topological polar surface area (TPSA) is 67.5 Å². The molecule has 0 spiro atoms. The molecule has 0 amide bonds. The number of hydrogen-bond acceptors (Lipinski definition) is 4. The summed E-state index contributed by atoms with van der Waals surface area (Å²) in [5, 5.41) is 6.14. The second-order valence-electron chi connectivity index (χ2n) is 7.20. The Morgan fingerprint density at radius 2 is 1.89 bits per heavy atom. The van der Waals surface area contributed by atoms with Crippen LogP contribution in [0.25, 0.3) is 11.1 Å². The Morgan fingerprint density at radius 3 is 2.44 bits per heavy atom. The van der Waals surface area contributed by atoms with Crippen molar-refractivity contribution in [2.45, 2.75) is 50.2 Å². The molecule has 3 N–H and O–H groups in total. The number of benzene rings is 2. The number of nitrogens with zero attached hydrogens (tertiary/aromatic N) is 1. The molecule has 1 aliphatic heterocycles. The van der Waals surface area contributed by atoms with E-state index >= 15 is 0 Å². The van der Waals surface area contributed by atoms with Crippen molar-refractivity contribution in [1.82, 2.24) is 5.32 Å². The maximum Gasteiger partial charge on any atom is 0.134 e. The number of nitrogens with two attached hydrogens (primary N) is 1. The van der Waals surface area contributed by atoms with Gasteiger partial charge < -0.3 is 11.1 Å². The fourth-order valence-electron chi connectivity index (χ4n) is 3.36. The van der Waals surface area contributed by atoms with Crippen LogP contribution in [0, 0.1) is 16.5 Å². The van der Waals surface area contributed by atoms with Gasteiger partial charge in [0.25, 0.3) is 0 Å². The second-order valence-corrected chi connectivity index (χ2v) is 7.20. The summed E-state index contributed by atoms with van der Waals surface area (Å²) in [5.41, 5.74) is 7.61. The van der Waals surface area contributed by atoms with Crippen LogP contribution in [0.4, 0.5) is 8.78 Å². The average molecular weight is 373 g/mol. The summed E-state index contributed by atoms with van der Waals surface area (Å²) in [7, 11) is 0. The summed E-state index contributed by atoms with van der Waals surface area (Å²) in [6.45, 7) is 0.872. The van der Waals surface area contributed by atoms with E-state index in [1.165, 1.54) is 18.6 Å². The Labute approximate surface area is 158 Å². The third-order valence-electron chi connectivity index (χ3n) is 5.28. The molecule has 4 nitrogen and oxygen atoms in total. The van der Waals surface area contributed by atoms with E-state index in [0.717, 1.165) is 25.8 Å². The summed E-state index contributed by atoms with van der Waals surface area (Å²) in [5.74, 6) is -0.652. The summed E-state index contributed by atoms with van der Waals surface area (Å²) >= 11 is 0. The summed E-state index contributed by atoms with van der Waals surface area (Å²) < 4.78 is 28.0. The van der Waals surface area contributed by atoms with Crippen LogP contribution >= 0.6 is 0 Å². The van der Waals surface area contributed by atoms with Gasteiger partial charge in [-0.05, 0) is 61.9 Å². The first kappa shape index (κ1) is 19.6. The summed E-state index contributed by atoms with van der Waals surface area (Å²) in [6, 6.07) is 11.6. The van der Waals surface area contributed by atoms with E-state index in [9.17, 15) is 13.7 Å². The molecule has 2 aliphatic rings. The molecule has 2 aromatic rings. The van der Waals surface area contributed by atoms with Gasteiger partial charge in [-0.3, -0.25) is 0 Å². The van der Waals surface area contributed by atoms with Crippen LogP contribution in [0.1, 0.15) is 31.2 Å². The fraction of sp³-hybridized carbons (Fsp3) is 0.429. The Kier molecular flexibility index (Phi) is 6.63. The van der Waals surface area contributed by atoms with Crippen LogP contribution < -0.4 is 11.1 Å². The number of nitroso groups, excluding NO2 is 1. The van der Waals surface area contributed by atoms with Gasteiger partial charge in [0.2, 0.25) is 0 Å². The molecule has 1 saturated carbocycles. The smallest absolute Gasteiger partial charge is 0.134 e. The molecular formula is C21H25F2N3O. The summed E-state index contributed by atoms with van der Waals surface area (Å²) in [4.78, 5) is 9.54. The normalized spacial score (nSPS) is 21.9. The molecule has 0 radical (unpaired) electrons. The van der Waals surface area contributed by atoms with Gasteiger partial charge in [0.1, 0.15) is 11.6 Å². The molecule has 27 heavy (non-hydrogen) atoms. The molecule has 6 heteroatoms. The molecule has 2 fully saturated rings. The average Bonchev–Trinajstić information content (AvgIpc) is 3.01. The van der Waals surface area contributed by atoms with E-state index in [2.05, 4.69) is 10.5 Å². The number of halogens is 2. The molecular weight excluding hydrogens is 348 g/mol. The maximum atomic E-state index is 14.7. The minimum atomic E-state index is -0.364. The predicted molar refractivity (Wildman–Crippen MR) is 103 cm³/mol. The molecule has 2 atom stereocenters. The molecule has 0 aromatic heterocycles. The zero-order valence-electron chi connectivity index (χ0n) is 15.2. The standard InChI is InChI=1S/C17H18F2N2.C4H7NO/c18-13-5-1-3-11(9-13)14-6-2-4-12(17(14)19)10-16-15(20)7-8-21-16;6-5-4-2-1-3-4/h1-6,9,15-16,21H,7-8,10,20H2;4H,1-3H2. The van der Waals surface area contributed by atoms with Gasteiger partial charge in [0.05, 0.1) is 6.04 Å². The molecule has 144 valence electrons. The van der Waals surface area contributed by atoms with E-state index in [-0.39, 0.29) is 29.8 Å². The lowest BCUT2D eigenvalue weighted by Gasteiger charge is -2.17. The van der Waals surface area contributed by atoms with Crippen molar-refractivity contribution in [3.05, 3.63) is 64.6 Å². The van der Waals surface area contributed by atoms with Crippen molar-refractivity contribution in [3.8, 4) is 11.1 Å². The number of hydrogen-bond donors (Lipinski definition) is 2. The van der Waals surface area contributed by atoms with Crippen molar-refractivity contribution in [3.63, 3.8) is 0 Å². The quantitative estimate of drug-likeness (QED) is 0.791. The minimum Gasteiger partial charge on any atom is -0.326 e. The summed E-state index contributed by atoms with van der Waals surface area (Å²) in [6.07, 6.45) is 4.73. The van der Waals surface area contributed by atoms with Crippen molar-refractivity contribution < 1.29 is 8.78 Å². The van der Waals surface area contributed by atoms with Gasteiger partial charge in [-0.2, -0.15) is 4.91 Å². The SMILES string of the molecule is NC1CCNC1Cc1cccc(-c2cccc(F)c2)c1F.O=NC1CCC1. The van der Waals surface area contributed by atoms with Gasteiger partial charge in [-0.1, -0.05) is 35.5 Å². The van der Waals surface area contributed by atoms with Crippen LogP contribution in [-0.2, 0) is 6.42 Å². The third kappa shape index (κ3) is 4.96. The lowest BCUT2D eigenvalue weighted by molar-refractivity contribution is 0.417. The first-order valence-electron chi connectivity index (χ1n) is 9.43. The predicted octanol–water partition coefficient (Wildman–Crippen LogP) is 4.17. The lowest BCUT2D eigenvalue weighted by atomic mass is 9.94. The molecule has 2 unspecified atom stereocenters. The van der Waals surface area contributed by atoms with Gasteiger partial charge in [-0.25, -0.2) is 8.78 Å². The third-order valence-corrected chi connectivity index (χ3v) is 5.28. The van der Waals surface area contributed by atoms with Crippen LogP contribution in [-0.4, -0.2) is 24.7 Å². The van der Waals surface area contributed by atoms with Crippen molar-refractivity contribution in [2.75, 3.05) is 6.54 Å². The lowest BCUT2D eigenvalue weighted by Crippen LogP contribution is -2.38. The van der Waals surface area contributed by atoms with Gasteiger partial charge in [0.15, 0.2) is 0 Å². The zero-order valence-corrected chi connectivity index (χ0v) is 15.2. The molecule has 1 heterocycles. The highest BCUT2D eigenvalue weighted by atomic mass is 19.1. The molecule has 4 rings (SSSR count). The fourth-order valence-corrected chi connectivity index (χ4v) is 3.36. The Bertz CT molecular complexity index is 780. The Hall–Kier alpha value is -2.18.